The number of aryl methyl sites for hydroxylation is 1. The first-order valence-corrected chi connectivity index (χ1v) is 8.83. The lowest BCUT2D eigenvalue weighted by Gasteiger charge is -2.32. The Kier molecular flexibility index (Phi) is 5.49. The van der Waals surface area contributed by atoms with Crippen LogP contribution in [0.25, 0.3) is 0 Å². The van der Waals surface area contributed by atoms with Crippen molar-refractivity contribution in [1.82, 2.24) is 14.8 Å². The Bertz CT molecular complexity index is 873. The van der Waals surface area contributed by atoms with Gasteiger partial charge in [0, 0.05) is 31.9 Å². The highest BCUT2D eigenvalue weighted by atomic mass is 16.2. The Hall–Kier alpha value is -3.22. The van der Waals surface area contributed by atoms with E-state index >= 15 is 0 Å². The number of amides is 3. The predicted octanol–water partition coefficient (Wildman–Crippen LogP) is 1.86. The molecule has 1 saturated heterocycles. The lowest BCUT2D eigenvalue weighted by molar-refractivity contribution is -0.119. The number of nitrogens with one attached hydrogen (secondary N) is 1. The Morgan fingerprint density at radius 1 is 1.00 bits per heavy atom. The van der Waals surface area contributed by atoms with Crippen molar-refractivity contribution < 1.29 is 14.4 Å². The lowest BCUT2D eigenvalue weighted by atomic mass is 10.1. The zero-order valence-electron chi connectivity index (χ0n) is 15.4. The largest absolute Gasteiger partial charge is 0.342 e. The smallest absolute Gasteiger partial charge is 0.274 e. The summed E-state index contributed by atoms with van der Waals surface area (Å²) in [5, 5.41) is 2.85. The number of carbonyl (C=O) groups is 3. The van der Waals surface area contributed by atoms with E-state index in [0.29, 0.717) is 26.2 Å². The highest BCUT2D eigenvalue weighted by molar-refractivity contribution is 6.04. The first kappa shape index (κ1) is 18.6. The molecule has 3 amide bonds. The van der Waals surface area contributed by atoms with Crippen LogP contribution in [0.1, 0.15) is 32.1 Å². The average molecular weight is 366 g/mol. The number of aromatic nitrogens is 1. The molecule has 7 nitrogen and oxygen atoms in total. The molecule has 140 valence electrons. The number of hydrogen-bond acceptors (Lipinski definition) is 4. The SMILES string of the molecule is Cc1cccc(NC(=O)c2cccc(C(=O)N3CCN(C=O)CC3)n2)c1C. The Labute approximate surface area is 158 Å². The number of nitrogens with zero attached hydrogens (tertiary/aromatic N) is 3. The molecule has 1 aliphatic rings. The van der Waals surface area contributed by atoms with Gasteiger partial charge in [0.1, 0.15) is 11.4 Å². The summed E-state index contributed by atoms with van der Waals surface area (Å²) in [6.45, 7) is 5.84. The summed E-state index contributed by atoms with van der Waals surface area (Å²) in [5.74, 6) is -0.592. The van der Waals surface area contributed by atoms with Gasteiger partial charge in [-0.25, -0.2) is 4.98 Å². The quantitative estimate of drug-likeness (QED) is 0.838. The summed E-state index contributed by atoms with van der Waals surface area (Å²) in [7, 11) is 0. The molecule has 0 radical (unpaired) electrons. The van der Waals surface area contributed by atoms with Gasteiger partial charge in [0.2, 0.25) is 6.41 Å². The molecule has 0 saturated carbocycles. The number of anilines is 1. The van der Waals surface area contributed by atoms with Crippen molar-refractivity contribution >= 4 is 23.9 Å². The fourth-order valence-corrected chi connectivity index (χ4v) is 2.95. The van der Waals surface area contributed by atoms with Crippen molar-refractivity contribution in [2.75, 3.05) is 31.5 Å². The monoisotopic (exact) mass is 366 g/mol. The van der Waals surface area contributed by atoms with Crippen LogP contribution in [0, 0.1) is 13.8 Å². The minimum Gasteiger partial charge on any atom is -0.342 e. The van der Waals surface area contributed by atoms with Crippen molar-refractivity contribution in [3.05, 3.63) is 58.9 Å². The number of rotatable bonds is 4. The molecular weight excluding hydrogens is 344 g/mol. The summed E-state index contributed by atoms with van der Waals surface area (Å²) in [4.78, 5) is 43.5. The van der Waals surface area contributed by atoms with Crippen LogP contribution in [0.2, 0.25) is 0 Å². The standard InChI is InChI=1S/C20H22N4O3/c1-14-5-3-6-16(15(14)2)22-19(26)17-7-4-8-18(21-17)20(27)24-11-9-23(13-25)10-12-24/h3-8,13H,9-12H2,1-2H3,(H,22,26). The van der Waals surface area contributed by atoms with Gasteiger partial charge in [-0.2, -0.15) is 0 Å². The van der Waals surface area contributed by atoms with Crippen LogP contribution in [0.15, 0.2) is 36.4 Å². The van der Waals surface area contributed by atoms with E-state index in [4.69, 9.17) is 0 Å². The third kappa shape index (κ3) is 4.13. The van der Waals surface area contributed by atoms with E-state index < -0.39 is 0 Å². The van der Waals surface area contributed by atoms with E-state index in [1.54, 1.807) is 28.0 Å². The van der Waals surface area contributed by atoms with Crippen LogP contribution in [0.4, 0.5) is 5.69 Å². The summed E-state index contributed by atoms with van der Waals surface area (Å²) in [5.41, 5.74) is 3.21. The number of carbonyl (C=O) groups excluding carboxylic acids is 3. The highest BCUT2D eigenvalue weighted by Crippen LogP contribution is 2.18. The van der Waals surface area contributed by atoms with Crippen LogP contribution >= 0.6 is 0 Å². The van der Waals surface area contributed by atoms with Crippen molar-refractivity contribution in [2.45, 2.75) is 13.8 Å². The lowest BCUT2D eigenvalue weighted by Crippen LogP contribution is -2.48. The number of benzene rings is 1. The van der Waals surface area contributed by atoms with Gasteiger partial charge in [-0.3, -0.25) is 14.4 Å². The minimum absolute atomic E-state index is 0.188. The summed E-state index contributed by atoms with van der Waals surface area (Å²) >= 11 is 0. The molecule has 0 atom stereocenters. The molecule has 1 fully saturated rings. The maximum Gasteiger partial charge on any atom is 0.274 e. The molecule has 27 heavy (non-hydrogen) atoms. The Balaban J connectivity index is 1.73. The van der Waals surface area contributed by atoms with Crippen molar-refractivity contribution in [1.29, 1.82) is 0 Å². The second-order valence-corrected chi connectivity index (χ2v) is 6.54. The van der Waals surface area contributed by atoms with Crippen LogP contribution in [0.5, 0.6) is 0 Å². The Morgan fingerprint density at radius 2 is 1.67 bits per heavy atom. The van der Waals surface area contributed by atoms with E-state index in [2.05, 4.69) is 10.3 Å². The minimum atomic E-state index is -0.357. The molecule has 2 heterocycles. The molecule has 1 aromatic heterocycles. The first-order valence-electron chi connectivity index (χ1n) is 8.83. The van der Waals surface area contributed by atoms with E-state index in [1.807, 2.05) is 32.0 Å². The molecule has 2 aromatic rings. The molecule has 0 spiro atoms. The van der Waals surface area contributed by atoms with E-state index in [9.17, 15) is 14.4 Å². The second kappa shape index (κ2) is 7.99. The van der Waals surface area contributed by atoms with E-state index in [-0.39, 0.29) is 23.2 Å². The molecule has 1 aliphatic heterocycles. The Morgan fingerprint density at radius 3 is 2.37 bits per heavy atom. The molecule has 1 N–H and O–H groups in total. The van der Waals surface area contributed by atoms with Crippen molar-refractivity contribution in [3.8, 4) is 0 Å². The molecule has 0 unspecified atom stereocenters. The van der Waals surface area contributed by atoms with Crippen LogP contribution < -0.4 is 5.32 Å². The first-order chi connectivity index (χ1) is 13.0. The molecular formula is C20H22N4O3. The topological polar surface area (TPSA) is 82.6 Å². The normalized spacial score (nSPS) is 14.0. The molecule has 1 aromatic carbocycles. The second-order valence-electron chi connectivity index (χ2n) is 6.54. The number of pyridine rings is 1. The zero-order chi connectivity index (χ0) is 19.4. The van der Waals surface area contributed by atoms with Crippen molar-refractivity contribution in [2.24, 2.45) is 0 Å². The van der Waals surface area contributed by atoms with Crippen molar-refractivity contribution in [3.63, 3.8) is 0 Å². The third-order valence-corrected chi connectivity index (χ3v) is 4.80. The summed E-state index contributed by atoms with van der Waals surface area (Å²) < 4.78 is 0. The van der Waals surface area contributed by atoms with Gasteiger partial charge in [0.25, 0.3) is 11.8 Å². The maximum absolute atomic E-state index is 12.7. The maximum atomic E-state index is 12.7. The van der Waals surface area contributed by atoms with Gasteiger partial charge in [-0.1, -0.05) is 18.2 Å². The van der Waals surface area contributed by atoms with Gasteiger partial charge in [-0.05, 0) is 43.2 Å². The third-order valence-electron chi connectivity index (χ3n) is 4.80. The zero-order valence-corrected chi connectivity index (χ0v) is 15.4. The summed E-state index contributed by atoms with van der Waals surface area (Å²) in [6, 6.07) is 10.5. The van der Waals surface area contributed by atoms with Crippen LogP contribution in [-0.4, -0.2) is 59.2 Å². The van der Waals surface area contributed by atoms with Gasteiger partial charge in [0.05, 0.1) is 0 Å². The fraction of sp³-hybridized carbons (Fsp3) is 0.300. The molecule has 0 aliphatic carbocycles. The number of hydrogen-bond donors (Lipinski definition) is 1. The molecule has 7 heteroatoms. The predicted molar refractivity (Wildman–Crippen MR) is 102 cm³/mol. The highest BCUT2D eigenvalue weighted by Gasteiger charge is 2.23. The van der Waals surface area contributed by atoms with Crippen LogP contribution in [0.3, 0.4) is 0 Å². The number of piperazine rings is 1. The fourth-order valence-electron chi connectivity index (χ4n) is 2.95. The van der Waals surface area contributed by atoms with E-state index in [1.165, 1.54) is 0 Å². The van der Waals surface area contributed by atoms with Crippen LogP contribution in [-0.2, 0) is 4.79 Å². The molecule has 0 bridgehead atoms. The summed E-state index contributed by atoms with van der Waals surface area (Å²) in [6.07, 6.45) is 0.790. The van der Waals surface area contributed by atoms with Gasteiger partial charge >= 0.3 is 0 Å². The molecule has 3 rings (SSSR count). The van der Waals surface area contributed by atoms with Gasteiger partial charge in [-0.15, -0.1) is 0 Å². The average Bonchev–Trinajstić information content (AvgIpc) is 2.71. The van der Waals surface area contributed by atoms with E-state index in [0.717, 1.165) is 23.2 Å². The van der Waals surface area contributed by atoms with Gasteiger partial charge < -0.3 is 15.1 Å². The van der Waals surface area contributed by atoms with Gasteiger partial charge in [0.15, 0.2) is 0 Å².